The molecule has 0 saturated heterocycles. The minimum atomic E-state index is 0.0447. The summed E-state index contributed by atoms with van der Waals surface area (Å²) < 4.78 is 11.8. The fourth-order valence-electron chi connectivity index (χ4n) is 2.52. The van der Waals surface area contributed by atoms with E-state index in [1.165, 1.54) is 0 Å². The molecule has 0 aliphatic heterocycles. The summed E-state index contributed by atoms with van der Waals surface area (Å²) in [4.78, 5) is 0. The minimum absolute atomic E-state index is 0.0447. The lowest BCUT2D eigenvalue weighted by Crippen LogP contribution is -2.41. The van der Waals surface area contributed by atoms with Gasteiger partial charge in [-0.15, -0.1) is 0 Å². The van der Waals surface area contributed by atoms with Gasteiger partial charge in [-0.05, 0) is 32.4 Å². The monoisotopic (exact) mass is 279 g/mol. The Labute approximate surface area is 123 Å². The summed E-state index contributed by atoms with van der Waals surface area (Å²) in [5.74, 6) is 0.934. The van der Waals surface area contributed by atoms with Gasteiger partial charge in [-0.25, -0.2) is 0 Å². The van der Waals surface area contributed by atoms with E-state index >= 15 is 0 Å². The molecule has 1 N–H and O–H groups in total. The molecule has 0 saturated carbocycles. The van der Waals surface area contributed by atoms with Crippen molar-refractivity contribution in [3.63, 3.8) is 0 Å². The largest absolute Gasteiger partial charge is 0.494 e. The van der Waals surface area contributed by atoms with Crippen molar-refractivity contribution in [2.24, 2.45) is 5.41 Å². The molecular weight excluding hydrogens is 250 g/mol. The summed E-state index contributed by atoms with van der Waals surface area (Å²) in [7, 11) is 1.98. The highest BCUT2D eigenvalue weighted by atomic mass is 16.5. The Morgan fingerprint density at radius 3 is 2.25 bits per heavy atom. The predicted molar refractivity (Wildman–Crippen MR) is 84.3 cm³/mol. The second kappa shape index (κ2) is 7.65. The SMILES string of the molecule is CCOc1ccccc1C(NC)C(OCC)C(C)(C)C. The molecule has 3 heteroatoms. The minimum Gasteiger partial charge on any atom is -0.494 e. The Kier molecular flexibility index (Phi) is 6.50. The number of likely N-dealkylation sites (N-methyl/N-ethyl adjacent to an activating group) is 1. The third-order valence-electron chi connectivity index (χ3n) is 3.37. The van der Waals surface area contributed by atoms with Gasteiger partial charge in [-0.3, -0.25) is 0 Å². The van der Waals surface area contributed by atoms with Crippen LogP contribution < -0.4 is 10.1 Å². The van der Waals surface area contributed by atoms with Crippen LogP contribution in [0.1, 0.15) is 46.2 Å². The summed E-state index contributed by atoms with van der Waals surface area (Å²) in [5.41, 5.74) is 1.20. The molecule has 0 radical (unpaired) electrons. The van der Waals surface area contributed by atoms with Gasteiger partial charge in [0.15, 0.2) is 0 Å². The van der Waals surface area contributed by atoms with E-state index in [0.717, 1.165) is 11.3 Å². The molecule has 1 aromatic carbocycles. The summed E-state index contributed by atoms with van der Waals surface area (Å²) in [6.07, 6.45) is 0.0825. The number of nitrogens with one attached hydrogen (secondary N) is 1. The van der Waals surface area contributed by atoms with Gasteiger partial charge in [0, 0.05) is 12.2 Å². The first-order valence-electron chi connectivity index (χ1n) is 7.46. The maximum absolute atomic E-state index is 6.03. The fourth-order valence-corrected chi connectivity index (χ4v) is 2.52. The Balaban J connectivity index is 3.16. The van der Waals surface area contributed by atoms with E-state index in [1.54, 1.807) is 0 Å². The molecule has 0 fully saturated rings. The van der Waals surface area contributed by atoms with E-state index in [1.807, 2.05) is 39.1 Å². The molecule has 20 heavy (non-hydrogen) atoms. The molecule has 3 nitrogen and oxygen atoms in total. The lowest BCUT2D eigenvalue weighted by molar-refractivity contribution is -0.0355. The number of hydrogen-bond donors (Lipinski definition) is 1. The molecule has 1 rings (SSSR count). The first kappa shape index (κ1) is 17.0. The zero-order valence-electron chi connectivity index (χ0n) is 13.7. The highest BCUT2D eigenvalue weighted by Gasteiger charge is 2.34. The smallest absolute Gasteiger partial charge is 0.124 e. The van der Waals surface area contributed by atoms with Crippen LogP contribution in [-0.2, 0) is 4.74 Å². The zero-order chi connectivity index (χ0) is 15.2. The summed E-state index contributed by atoms with van der Waals surface area (Å²) in [6.45, 7) is 12.1. The van der Waals surface area contributed by atoms with Gasteiger partial charge in [-0.2, -0.15) is 0 Å². The number of ether oxygens (including phenoxy) is 2. The first-order valence-corrected chi connectivity index (χ1v) is 7.46. The maximum Gasteiger partial charge on any atom is 0.124 e. The Morgan fingerprint density at radius 2 is 1.75 bits per heavy atom. The van der Waals surface area contributed by atoms with Crippen LogP contribution >= 0.6 is 0 Å². The standard InChI is InChI=1S/C17H29NO2/c1-7-19-14-12-10-9-11-13(14)15(18-6)16(20-8-2)17(3,4)5/h9-12,15-16,18H,7-8H2,1-6H3. The predicted octanol–water partition coefficient (Wildman–Crippen LogP) is 3.80. The van der Waals surface area contributed by atoms with Crippen molar-refractivity contribution in [1.82, 2.24) is 5.32 Å². The van der Waals surface area contributed by atoms with E-state index in [0.29, 0.717) is 13.2 Å². The van der Waals surface area contributed by atoms with Crippen molar-refractivity contribution in [2.45, 2.75) is 46.8 Å². The molecule has 0 aromatic heterocycles. The van der Waals surface area contributed by atoms with Gasteiger partial charge >= 0.3 is 0 Å². The highest BCUT2D eigenvalue weighted by molar-refractivity contribution is 5.37. The van der Waals surface area contributed by atoms with Crippen LogP contribution in [0.3, 0.4) is 0 Å². The van der Waals surface area contributed by atoms with Crippen molar-refractivity contribution in [3.8, 4) is 5.75 Å². The van der Waals surface area contributed by atoms with Crippen molar-refractivity contribution in [2.75, 3.05) is 20.3 Å². The van der Waals surface area contributed by atoms with Crippen LogP contribution in [0.5, 0.6) is 5.75 Å². The Hall–Kier alpha value is -1.06. The van der Waals surface area contributed by atoms with Gasteiger partial charge in [0.2, 0.25) is 0 Å². The van der Waals surface area contributed by atoms with Crippen molar-refractivity contribution < 1.29 is 9.47 Å². The molecule has 0 amide bonds. The zero-order valence-corrected chi connectivity index (χ0v) is 13.7. The topological polar surface area (TPSA) is 30.5 Å². The van der Waals surface area contributed by atoms with Crippen LogP contribution in [0.2, 0.25) is 0 Å². The van der Waals surface area contributed by atoms with Crippen LogP contribution in [0, 0.1) is 5.41 Å². The third kappa shape index (κ3) is 4.22. The first-order chi connectivity index (χ1) is 9.45. The van der Waals surface area contributed by atoms with E-state index in [2.05, 4.69) is 32.2 Å². The van der Waals surface area contributed by atoms with Crippen LogP contribution in [0.25, 0.3) is 0 Å². The van der Waals surface area contributed by atoms with Crippen LogP contribution in [0.15, 0.2) is 24.3 Å². The van der Waals surface area contributed by atoms with Gasteiger partial charge in [0.25, 0.3) is 0 Å². The number of benzene rings is 1. The lowest BCUT2D eigenvalue weighted by atomic mass is 9.81. The van der Waals surface area contributed by atoms with Crippen molar-refractivity contribution in [3.05, 3.63) is 29.8 Å². The summed E-state index contributed by atoms with van der Waals surface area (Å²) >= 11 is 0. The quantitative estimate of drug-likeness (QED) is 0.823. The highest BCUT2D eigenvalue weighted by Crippen LogP contribution is 2.36. The van der Waals surface area contributed by atoms with Gasteiger partial charge < -0.3 is 14.8 Å². The van der Waals surface area contributed by atoms with Crippen molar-refractivity contribution in [1.29, 1.82) is 0 Å². The van der Waals surface area contributed by atoms with E-state index in [-0.39, 0.29) is 17.6 Å². The molecule has 0 aliphatic rings. The molecule has 2 atom stereocenters. The fraction of sp³-hybridized carbons (Fsp3) is 0.647. The molecule has 2 unspecified atom stereocenters. The normalized spacial score (nSPS) is 14.9. The average molecular weight is 279 g/mol. The third-order valence-corrected chi connectivity index (χ3v) is 3.37. The number of rotatable bonds is 7. The second-order valence-corrected chi connectivity index (χ2v) is 5.98. The Bertz CT molecular complexity index is 398. The molecule has 0 heterocycles. The second-order valence-electron chi connectivity index (χ2n) is 5.98. The van der Waals surface area contributed by atoms with Crippen LogP contribution in [-0.4, -0.2) is 26.4 Å². The number of hydrogen-bond acceptors (Lipinski definition) is 3. The summed E-state index contributed by atoms with van der Waals surface area (Å²) in [6, 6.07) is 8.30. The van der Waals surface area contributed by atoms with Gasteiger partial charge in [0.1, 0.15) is 5.75 Å². The van der Waals surface area contributed by atoms with E-state index < -0.39 is 0 Å². The van der Waals surface area contributed by atoms with Gasteiger partial charge in [-0.1, -0.05) is 39.0 Å². The van der Waals surface area contributed by atoms with Crippen molar-refractivity contribution >= 4 is 0 Å². The molecule has 1 aromatic rings. The van der Waals surface area contributed by atoms with Gasteiger partial charge in [0.05, 0.1) is 18.8 Å². The molecule has 0 spiro atoms. The molecule has 0 bridgehead atoms. The number of para-hydroxylation sites is 1. The Morgan fingerprint density at radius 1 is 1.10 bits per heavy atom. The van der Waals surface area contributed by atoms with E-state index in [4.69, 9.17) is 9.47 Å². The summed E-state index contributed by atoms with van der Waals surface area (Å²) in [5, 5.41) is 3.40. The van der Waals surface area contributed by atoms with E-state index in [9.17, 15) is 0 Å². The molecule has 0 aliphatic carbocycles. The lowest BCUT2D eigenvalue weighted by Gasteiger charge is -2.37. The van der Waals surface area contributed by atoms with Crippen LogP contribution in [0.4, 0.5) is 0 Å². The molecular formula is C17H29NO2. The average Bonchev–Trinajstić information content (AvgIpc) is 2.39. The molecule has 114 valence electrons. The maximum atomic E-state index is 6.03.